The van der Waals surface area contributed by atoms with Crippen LogP contribution in [0.4, 0.5) is 0 Å². The first-order valence-corrected chi connectivity index (χ1v) is 5.88. The molecule has 0 fully saturated rings. The van der Waals surface area contributed by atoms with Crippen LogP contribution in [0.15, 0.2) is 33.5 Å². The lowest BCUT2D eigenvalue weighted by Gasteiger charge is -2.11. The standard InChI is InChI=1S/C14H17NO3/c1-10-8-14(16)18-13-9-11(4-5-12(10)13)17-7-6-15(2)3/h4-5,8-9H,6-7H2,1-3H3. The second-order valence-electron chi connectivity index (χ2n) is 4.56. The van der Waals surface area contributed by atoms with E-state index in [9.17, 15) is 4.79 Å². The highest BCUT2D eigenvalue weighted by molar-refractivity contribution is 5.81. The van der Waals surface area contributed by atoms with Gasteiger partial charge >= 0.3 is 5.63 Å². The smallest absolute Gasteiger partial charge is 0.336 e. The van der Waals surface area contributed by atoms with Crippen molar-refractivity contribution >= 4 is 11.0 Å². The Balaban J connectivity index is 2.24. The number of nitrogens with zero attached hydrogens (tertiary/aromatic N) is 1. The van der Waals surface area contributed by atoms with Gasteiger partial charge in [0, 0.05) is 24.1 Å². The zero-order valence-electron chi connectivity index (χ0n) is 10.9. The average Bonchev–Trinajstić information content (AvgIpc) is 2.27. The Bertz CT molecular complexity index is 602. The van der Waals surface area contributed by atoms with Crippen molar-refractivity contribution in [3.05, 3.63) is 40.2 Å². The van der Waals surface area contributed by atoms with E-state index < -0.39 is 0 Å². The minimum atomic E-state index is -0.328. The van der Waals surface area contributed by atoms with Gasteiger partial charge in [-0.05, 0) is 38.7 Å². The van der Waals surface area contributed by atoms with Crippen molar-refractivity contribution < 1.29 is 9.15 Å². The second kappa shape index (κ2) is 5.23. The molecule has 4 heteroatoms. The second-order valence-corrected chi connectivity index (χ2v) is 4.56. The third-order valence-corrected chi connectivity index (χ3v) is 2.73. The summed E-state index contributed by atoms with van der Waals surface area (Å²) in [5, 5.41) is 0.939. The molecule has 18 heavy (non-hydrogen) atoms. The highest BCUT2D eigenvalue weighted by Gasteiger charge is 2.04. The maximum Gasteiger partial charge on any atom is 0.336 e. The van der Waals surface area contributed by atoms with E-state index in [0.717, 1.165) is 23.2 Å². The molecule has 0 aliphatic carbocycles. The molecule has 0 bridgehead atoms. The van der Waals surface area contributed by atoms with Crippen LogP contribution in [0, 0.1) is 6.92 Å². The van der Waals surface area contributed by atoms with Crippen molar-refractivity contribution in [2.45, 2.75) is 6.92 Å². The normalized spacial score (nSPS) is 11.1. The van der Waals surface area contributed by atoms with Crippen LogP contribution >= 0.6 is 0 Å². The molecule has 0 radical (unpaired) electrons. The van der Waals surface area contributed by atoms with Crippen LogP contribution < -0.4 is 10.4 Å². The molecule has 0 unspecified atom stereocenters. The molecule has 0 aliphatic heterocycles. The zero-order valence-corrected chi connectivity index (χ0v) is 10.9. The first-order valence-electron chi connectivity index (χ1n) is 5.88. The minimum Gasteiger partial charge on any atom is -0.492 e. The van der Waals surface area contributed by atoms with Gasteiger partial charge in [0.25, 0.3) is 0 Å². The molecule has 0 saturated carbocycles. The number of rotatable bonds is 4. The van der Waals surface area contributed by atoms with Crippen LogP contribution in [0.25, 0.3) is 11.0 Å². The van der Waals surface area contributed by atoms with E-state index >= 15 is 0 Å². The van der Waals surface area contributed by atoms with Gasteiger partial charge in [0.15, 0.2) is 0 Å². The predicted molar refractivity (Wildman–Crippen MR) is 71.3 cm³/mol. The van der Waals surface area contributed by atoms with Crippen molar-refractivity contribution in [2.24, 2.45) is 0 Å². The molecule has 0 amide bonds. The molecule has 0 atom stereocenters. The molecule has 0 saturated heterocycles. The highest BCUT2D eigenvalue weighted by Crippen LogP contribution is 2.22. The van der Waals surface area contributed by atoms with Gasteiger partial charge in [-0.25, -0.2) is 4.79 Å². The predicted octanol–water partition coefficient (Wildman–Crippen LogP) is 2.04. The van der Waals surface area contributed by atoms with Gasteiger partial charge in [0.05, 0.1) is 0 Å². The fraction of sp³-hybridized carbons (Fsp3) is 0.357. The van der Waals surface area contributed by atoms with Crippen molar-refractivity contribution in [1.82, 2.24) is 4.90 Å². The molecule has 0 spiro atoms. The topological polar surface area (TPSA) is 42.7 Å². The van der Waals surface area contributed by atoms with Crippen LogP contribution in [0.1, 0.15) is 5.56 Å². The van der Waals surface area contributed by atoms with E-state index in [2.05, 4.69) is 0 Å². The number of benzene rings is 1. The van der Waals surface area contributed by atoms with Crippen LogP contribution in [0.3, 0.4) is 0 Å². The number of aryl methyl sites for hydroxylation is 1. The quantitative estimate of drug-likeness (QED) is 0.775. The molecule has 1 heterocycles. The lowest BCUT2D eigenvalue weighted by atomic mass is 10.1. The van der Waals surface area contributed by atoms with Crippen molar-refractivity contribution in [1.29, 1.82) is 0 Å². The van der Waals surface area contributed by atoms with Crippen LogP contribution in [-0.4, -0.2) is 32.1 Å². The van der Waals surface area contributed by atoms with Gasteiger partial charge in [-0.3, -0.25) is 0 Å². The summed E-state index contributed by atoms with van der Waals surface area (Å²) in [6.07, 6.45) is 0. The Kier molecular flexibility index (Phi) is 3.67. The Morgan fingerprint density at radius 3 is 2.78 bits per heavy atom. The molecular formula is C14H17NO3. The van der Waals surface area contributed by atoms with E-state index in [0.29, 0.717) is 12.2 Å². The van der Waals surface area contributed by atoms with E-state index in [4.69, 9.17) is 9.15 Å². The maximum absolute atomic E-state index is 11.3. The SMILES string of the molecule is Cc1cc(=O)oc2cc(OCCN(C)C)ccc12. The summed E-state index contributed by atoms with van der Waals surface area (Å²) in [6.45, 7) is 3.34. The number of likely N-dealkylation sites (N-methyl/N-ethyl adjacent to an activating group) is 1. The van der Waals surface area contributed by atoms with Crippen molar-refractivity contribution in [3.8, 4) is 5.75 Å². The van der Waals surface area contributed by atoms with E-state index in [1.165, 1.54) is 6.07 Å². The Hall–Kier alpha value is -1.81. The van der Waals surface area contributed by atoms with Crippen molar-refractivity contribution in [2.75, 3.05) is 27.2 Å². The summed E-state index contributed by atoms with van der Waals surface area (Å²) in [6, 6.07) is 7.07. The summed E-state index contributed by atoms with van der Waals surface area (Å²) in [4.78, 5) is 13.4. The summed E-state index contributed by atoms with van der Waals surface area (Å²) < 4.78 is 10.8. The van der Waals surface area contributed by atoms with Gasteiger partial charge in [-0.2, -0.15) is 0 Å². The van der Waals surface area contributed by atoms with Gasteiger partial charge in [0.1, 0.15) is 17.9 Å². The summed E-state index contributed by atoms with van der Waals surface area (Å²) in [5.74, 6) is 0.720. The number of ether oxygens (including phenoxy) is 1. The largest absolute Gasteiger partial charge is 0.492 e. The van der Waals surface area contributed by atoms with E-state index in [-0.39, 0.29) is 5.63 Å². The molecule has 2 rings (SSSR count). The summed E-state index contributed by atoms with van der Waals surface area (Å²) in [5.41, 5.74) is 1.16. The van der Waals surface area contributed by atoms with Gasteiger partial charge in [0.2, 0.25) is 0 Å². The Labute approximate surface area is 106 Å². The fourth-order valence-electron chi connectivity index (χ4n) is 1.74. The summed E-state index contributed by atoms with van der Waals surface area (Å²) >= 11 is 0. The lowest BCUT2D eigenvalue weighted by Crippen LogP contribution is -2.19. The number of hydrogen-bond donors (Lipinski definition) is 0. The van der Waals surface area contributed by atoms with Crippen LogP contribution in [0.5, 0.6) is 5.75 Å². The van der Waals surface area contributed by atoms with Crippen LogP contribution in [-0.2, 0) is 0 Å². The molecule has 1 aromatic heterocycles. The monoisotopic (exact) mass is 247 g/mol. The van der Waals surface area contributed by atoms with Crippen molar-refractivity contribution in [3.63, 3.8) is 0 Å². The number of fused-ring (bicyclic) bond motifs is 1. The number of hydrogen-bond acceptors (Lipinski definition) is 4. The molecule has 1 aromatic carbocycles. The molecular weight excluding hydrogens is 230 g/mol. The lowest BCUT2D eigenvalue weighted by molar-refractivity contribution is 0.261. The average molecular weight is 247 g/mol. The maximum atomic E-state index is 11.3. The van der Waals surface area contributed by atoms with Gasteiger partial charge in [-0.15, -0.1) is 0 Å². The minimum absolute atomic E-state index is 0.328. The zero-order chi connectivity index (χ0) is 13.1. The molecule has 0 N–H and O–H groups in total. The Morgan fingerprint density at radius 1 is 1.28 bits per heavy atom. The van der Waals surface area contributed by atoms with Gasteiger partial charge in [-0.1, -0.05) is 0 Å². The third kappa shape index (κ3) is 2.90. The van der Waals surface area contributed by atoms with Gasteiger partial charge < -0.3 is 14.1 Å². The van der Waals surface area contributed by atoms with Crippen LogP contribution in [0.2, 0.25) is 0 Å². The molecule has 96 valence electrons. The first-order chi connectivity index (χ1) is 8.56. The first kappa shape index (κ1) is 12.6. The van der Waals surface area contributed by atoms with E-state index in [1.54, 1.807) is 6.07 Å². The highest BCUT2D eigenvalue weighted by atomic mass is 16.5. The fourth-order valence-corrected chi connectivity index (χ4v) is 1.74. The van der Waals surface area contributed by atoms with E-state index in [1.807, 2.05) is 38.1 Å². The summed E-state index contributed by atoms with van der Waals surface area (Å²) in [7, 11) is 3.98. The molecule has 4 nitrogen and oxygen atoms in total. The third-order valence-electron chi connectivity index (χ3n) is 2.73. The Morgan fingerprint density at radius 2 is 2.06 bits per heavy atom. The molecule has 2 aromatic rings. The molecule has 0 aliphatic rings.